The fraction of sp³-hybridized carbons (Fsp3) is 0.150. The summed E-state index contributed by atoms with van der Waals surface area (Å²) in [6, 6.07) is 8.40. The van der Waals surface area contributed by atoms with Gasteiger partial charge in [-0.15, -0.1) is 0 Å². The minimum atomic E-state index is -4.41. The van der Waals surface area contributed by atoms with Crippen molar-refractivity contribution in [1.29, 1.82) is 0 Å². The number of rotatable bonds is 6. The van der Waals surface area contributed by atoms with E-state index in [4.69, 9.17) is 27.9 Å². The molecule has 2 aromatic carbocycles. The molecule has 0 fully saturated rings. The summed E-state index contributed by atoms with van der Waals surface area (Å²) in [7, 11) is -3.09. The van der Waals surface area contributed by atoms with Crippen molar-refractivity contribution in [2.45, 2.75) is 11.3 Å². The van der Waals surface area contributed by atoms with Gasteiger partial charge in [0.2, 0.25) is 0 Å². The monoisotopic (exact) mass is 455 g/mol. The van der Waals surface area contributed by atoms with Gasteiger partial charge in [-0.25, -0.2) is 17.5 Å². The summed E-state index contributed by atoms with van der Waals surface area (Å²) in [4.78, 5) is 11.7. The molecule has 0 bridgehead atoms. The highest BCUT2D eigenvalue weighted by Gasteiger charge is 2.25. The number of benzene rings is 2. The number of allylic oxidation sites excluding steroid dienone is 2. The van der Waals surface area contributed by atoms with Gasteiger partial charge in [0.25, 0.3) is 15.9 Å². The molecule has 1 aliphatic rings. The Balaban J connectivity index is 1.74. The summed E-state index contributed by atoms with van der Waals surface area (Å²) in [6.07, 6.45) is 5.44. The minimum Gasteiger partial charge on any atom is -0.497 e. The number of hydrogen-bond acceptors (Lipinski definition) is 4. The number of amides is 1. The lowest BCUT2D eigenvalue weighted by atomic mass is 10.0. The average molecular weight is 456 g/mol. The van der Waals surface area contributed by atoms with Gasteiger partial charge in [-0.05, 0) is 42.3 Å². The third-order valence-electron chi connectivity index (χ3n) is 4.23. The Kier molecular flexibility index (Phi) is 6.31. The summed E-state index contributed by atoms with van der Waals surface area (Å²) >= 11 is 12.0. The van der Waals surface area contributed by atoms with Crippen molar-refractivity contribution in [1.82, 2.24) is 4.72 Å². The number of ether oxygens (including phenoxy) is 1. The van der Waals surface area contributed by atoms with E-state index in [-0.39, 0.29) is 17.2 Å². The van der Waals surface area contributed by atoms with Crippen LogP contribution < -0.4 is 9.46 Å². The number of carbonyl (C=O) groups is 1. The third kappa shape index (κ3) is 5.18. The van der Waals surface area contributed by atoms with E-state index in [1.807, 2.05) is 4.72 Å². The zero-order chi connectivity index (χ0) is 21.2. The second kappa shape index (κ2) is 8.57. The Bertz CT molecular complexity index is 1110. The number of methoxy groups -OCH3 is 1. The van der Waals surface area contributed by atoms with E-state index in [2.05, 4.69) is 0 Å². The fourth-order valence-corrected chi connectivity index (χ4v) is 4.54. The average Bonchev–Trinajstić information content (AvgIpc) is 3.09. The molecule has 1 amide bonds. The van der Waals surface area contributed by atoms with Crippen molar-refractivity contribution >= 4 is 39.1 Å². The topological polar surface area (TPSA) is 72.5 Å². The van der Waals surface area contributed by atoms with E-state index in [9.17, 15) is 17.6 Å². The quantitative estimate of drug-likeness (QED) is 0.704. The standard InChI is InChI=1S/C20H16Cl2FNO4S/c1-28-17-4-5-18(23)19(11-17)29(26,27)24-20(25)14-3-2-12(7-14)6-13-8-15(21)10-16(22)9-13/h2-5,7-12H,6H2,1H3,(H,24,25). The summed E-state index contributed by atoms with van der Waals surface area (Å²) < 4.78 is 45.6. The van der Waals surface area contributed by atoms with E-state index >= 15 is 0 Å². The van der Waals surface area contributed by atoms with E-state index < -0.39 is 26.6 Å². The summed E-state index contributed by atoms with van der Waals surface area (Å²) in [5.41, 5.74) is 1.04. The van der Waals surface area contributed by atoms with E-state index in [0.717, 1.165) is 17.7 Å². The van der Waals surface area contributed by atoms with Crippen LogP contribution in [0.2, 0.25) is 10.0 Å². The van der Waals surface area contributed by atoms with Crippen LogP contribution in [0, 0.1) is 11.7 Å². The Hall–Kier alpha value is -2.35. The van der Waals surface area contributed by atoms with E-state index in [1.54, 1.807) is 30.4 Å². The largest absolute Gasteiger partial charge is 0.497 e. The van der Waals surface area contributed by atoms with Crippen molar-refractivity contribution in [2.24, 2.45) is 5.92 Å². The normalized spacial score (nSPS) is 15.9. The predicted octanol–water partition coefficient (Wildman–Crippen LogP) is 4.30. The van der Waals surface area contributed by atoms with Crippen molar-refractivity contribution in [3.05, 3.63) is 81.6 Å². The van der Waals surface area contributed by atoms with Crippen molar-refractivity contribution < 1.29 is 22.3 Å². The molecule has 1 aliphatic carbocycles. The highest BCUT2D eigenvalue weighted by atomic mass is 35.5. The minimum absolute atomic E-state index is 0.137. The fourth-order valence-electron chi connectivity index (χ4n) is 2.90. The Labute approximate surface area is 177 Å². The first-order valence-electron chi connectivity index (χ1n) is 8.43. The molecular weight excluding hydrogens is 440 g/mol. The second-order valence-corrected chi connectivity index (χ2v) is 8.88. The predicted molar refractivity (Wildman–Crippen MR) is 109 cm³/mol. The zero-order valence-electron chi connectivity index (χ0n) is 15.2. The molecule has 1 atom stereocenters. The molecule has 3 rings (SSSR count). The van der Waals surface area contributed by atoms with Crippen molar-refractivity contribution in [3.63, 3.8) is 0 Å². The number of sulfonamides is 1. The maximum Gasteiger partial charge on any atom is 0.267 e. The molecule has 0 aliphatic heterocycles. The van der Waals surface area contributed by atoms with Crippen LogP contribution in [0.1, 0.15) is 5.56 Å². The first kappa shape index (κ1) is 21.4. The zero-order valence-corrected chi connectivity index (χ0v) is 17.5. The summed E-state index contributed by atoms with van der Waals surface area (Å²) in [5, 5.41) is 1.01. The second-order valence-electron chi connectivity index (χ2n) is 6.36. The Morgan fingerprint density at radius 2 is 1.86 bits per heavy atom. The lowest BCUT2D eigenvalue weighted by Crippen LogP contribution is -2.31. The number of hydrogen-bond donors (Lipinski definition) is 1. The first-order chi connectivity index (χ1) is 13.7. The van der Waals surface area contributed by atoms with E-state index in [1.165, 1.54) is 19.3 Å². The lowest BCUT2D eigenvalue weighted by Gasteiger charge is -2.09. The molecule has 0 saturated heterocycles. The number of carbonyl (C=O) groups excluding carboxylic acids is 1. The highest BCUT2D eigenvalue weighted by Crippen LogP contribution is 2.26. The van der Waals surface area contributed by atoms with Gasteiger partial charge >= 0.3 is 0 Å². The molecule has 9 heteroatoms. The van der Waals surface area contributed by atoms with Gasteiger partial charge in [-0.3, -0.25) is 4.79 Å². The molecule has 2 aromatic rings. The molecule has 5 nitrogen and oxygen atoms in total. The van der Waals surface area contributed by atoms with Gasteiger partial charge < -0.3 is 4.74 Å². The first-order valence-corrected chi connectivity index (χ1v) is 10.7. The Morgan fingerprint density at radius 1 is 1.17 bits per heavy atom. The molecular formula is C20H16Cl2FNO4S. The third-order valence-corrected chi connectivity index (χ3v) is 6.01. The molecule has 0 aromatic heterocycles. The van der Waals surface area contributed by atoms with E-state index in [0.29, 0.717) is 16.5 Å². The van der Waals surface area contributed by atoms with Gasteiger partial charge in [-0.1, -0.05) is 41.4 Å². The number of nitrogens with one attached hydrogen (secondary N) is 1. The summed E-state index contributed by atoms with van der Waals surface area (Å²) in [6.45, 7) is 0. The van der Waals surface area contributed by atoms with Gasteiger partial charge in [0.15, 0.2) is 0 Å². The van der Waals surface area contributed by atoms with Crippen LogP contribution in [-0.4, -0.2) is 21.4 Å². The molecule has 0 spiro atoms. The summed E-state index contributed by atoms with van der Waals surface area (Å²) in [5.74, 6) is -1.83. The molecule has 29 heavy (non-hydrogen) atoms. The Morgan fingerprint density at radius 3 is 2.52 bits per heavy atom. The SMILES string of the molecule is COc1ccc(F)c(S(=O)(=O)NC(=O)C2=CC(Cc3cc(Cl)cc(Cl)c3)C=C2)c1. The molecule has 0 radical (unpaired) electrons. The van der Waals surface area contributed by atoms with Crippen LogP contribution in [0.4, 0.5) is 4.39 Å². The highest BCUT2D eigenvalue weighted by molar-refractivity contribution is 7.90. The van der Waals surface area contributed by atoms with Gasteiger partial charge in [0.1, 0.15) is 16.5 Å². The van der Waals surface area contributed by atoms with Gasteiger partial charge in [-0.2, -0.15) is 0 Å². The van der Waals surface area contributed by atoms with Crippen LogP contribution in [0.3, 0.4) is 0 Å². The molecule has 1 N–H and O–H groups in total. The van der Waals surface area contributed by atoms with Gasteiger partial charge in [0, 0.05) is 27.6 Å². The van der Waals surface area contributed by atoms with Crippen LogP contribution in [0.25, 0.3) is 0 Å². The molecule has 0 heterocycles. The molecule has 0 saturated carbocycles. The maximum absolute atomic E-state index is 14.0. The molecule has 1 unspecified atom stereocenters. The number of halogens is 3. The smallest absolute Gasteiger partial charge is 0.267 e. The van der Waals surface area contributed by atoms with Crippen LogP contribution in [0.15, 0.2) is 65.1 Å². The maximum atomic E-state index is 14.0. The van der Waals surface area contributed by atoms with Gasteiger partial charge in [0.05, 0.1) is 7.11 Å². The van der Waals surface area contributed by atoms with Crippen LogP contribution in [-0.2, 0) is 21.2 Å². The van der Waals surface area contributed by atoms with Crippen molar-refractivity contribution in [2.75, 3.05) is 7.11 Å². The molecule has 152 valence electrons. The van der Waals surface area contributed by atoms with Crippen LogP contribution >= 0.6 is 23.2 Å². The van der Waals surface area contributed by atoms with Crippen molar-refractivity contribution in [3.8, 4) is 5.75 Å². The van der Waals surface area contributed by atoms with Crippen LogP contribution in [0.5, 0.6) is 5.75 Å². The lowest BCUT2D eigenvalue weighted by molar-refractivity contribution is -0.115.